The molecule has 1 aliphatic rings. The minimum absolute atomic E-state index is 0.124. The molecule has 32 heavy (non-hydrogen) atoms. The number of methoxy groups -OCH3 is 3. The summed E-state index contributed by atoms with van der Waals surface area (Å²) in [4.78, 5) is 15.9. The molecule has 0 saturated heterocycles. The molecule has 7 heteroatoms. The second-order valence-electron chi connectivity index (χ2n) is 7.55. The van der Waals surface area contributed by atoms with E-state index in [1.165, 1.54) is 0 Å². The fourth-order valence-electron chi connectivity index (χ4n) is 4.35. The van der Waals surface area contributed by atoms with E-state index in [-0.39, 0.29) is 12.5 Å². The van der Waals surface area contributed by atoms with Gasteiger partial charge in [-0.3, -0.25) is 4.79 Å². The number of carbonyl (C=O) groups excluding carboxylic acids is 1. The Bertz CT molecular complexity index is 1170. The molecular weight excluding hydrogens is 449 g/mol. The first kappa shape index (κ1) is 22.5. The molecule has 0 saturated carbocycles. The third-order valence-corrected chi connectivity index (χ3v) is 6.40. The van der Waals surface area contributed by atoms with Gasteiger partial charge in [-0.1, -0.05) is 41.4 Å². The van der Waals surface area contributed by atoms with Crippen LogP contribution in [-0.4, -0.2) is 33.8 Å². The number of halogens is 2. The molecule has 0 spiro atoms. The molecule has 1 amide bonds. The molecule has 1 heterocycles. The van der Waals surface area contributed by atoms with Crippen LogP contribution >= 0.6 is 23.2 Å². The van der Waals surface area contributed by atoms with Gasteiger partial charge in [0.2, 0.25) is 5.91 Å². The predicted molar refractivity (Wildman–Crippen MR) is 126 cm³/mol. The molecule has 0 radical (unpaired) electrons. The van der Waals surface area contributed by atoms with E-state index in [1.807, 2.05) is 42.5 Å². The second kappa shape index (κ2) is 9.02. The predicted octanol–water partition coefficient (Wildman–Crippen LogP) is 5.49. The molecule has 0 N–H and O–H groups in total. The van der Waals surface area contributed by atoms with Crippen LogP contribution in [0.4, 0.5) is 5.69 Å². The summed E-state index contributed by atoms with van der Waals surface area (Å²) in [5.74, 6) is 1.17. The normalized spacial score (nSPS) is 17.4. The Morgan fingerprint density at radius 1 is 0.906 bits per heavy atom. The zero-order valence-corrected chi connectivity index (χ0v) is 19.5. The van der Waals surface area contributed by atoms with Gasteiger partial charge in [-0.05, 0) is 47.5 Å². The first-order valence-corrected chi connectivity index (χ1v) is 10.8. The number of ether oxygens (including phenoxy) is 3. The zero-order valence-electron chi connectivity index (χ0n) is 18.0. The maximum absolute atomic E-state index is 14.1. The summed E-state index contributed by atoms with van der Waals surface area (Å²) in [6.07, 6.45) is 0. The van der Waals surface area contributed by atoms with Gasteiger partial charge in [-0.25, -0.2) is 0 Å². The van der Waals surface area contributed by atoms with Crippen molar-refractivity contribution in [3.63, 3.8) is 0 Å². The summed E-state index contributed by atoms with van der Waals surface area (Å²) in [6.45, 7) is 0.426. The van der Waals surface area contributed by atoms with Crippen molar-refractivity contribution in [2.75, 3.05) is 32.8 Å². The Hall–Kier alpha value is -2.73. The first-order chi connectivity index (χ1) is 15.5. The SMILES string of the molecule is COCC1(c2ccccc2Cl)C(=O)N(Cc2ccc(OC)cc2OC)c2ccc(Cl)cc21. The minimum atomic E-state index is -1.12. The standard InChI is InChI=1S/C25H23Cl2NO4/c1-30-15-25(19-6-4-5-7-21(19)27)20-12-17(26)9-11-22(20)28(24(25)29)14-16-8-10-18(31-2)13-23(16)32-3/h4-13H,14-15H2,1-3H3. The van der Waals surface area contributed by atoms with Crippen LogP contribution in [0, 0.1) is 0 Å². The summed E-state index contributed by atoms with van der Waals surface area (Å²) in [5.41, 5.74) is 1.93. The van der Waals surface area contributed by atoms with Gasteiger partial charge in [0.1, 0.15) is 16.9 Å². The third kappa shape index (κ3) is 3.60. The molecule has 0 aliphatic carbocycles. The van der Waals surface area contributed by atoms with E-state index in [4.69, 9.17) is 37.4 Å². The zero-order chi connectivity index (χ0) is 22.9. The number of benzene rings is 3. The van der Waals surface area contributed by atoms with Gasteiger partial charge in [-0.2, -0.15) is 0 Å². The van der Waals surface area contributed by atoms with Crippen molar-refractivity contribution in [1.82, 2.24) is 0 Å². The highest BCUT2D eigenvalue weighted by molar-refractivity contribution is 6.32. The molecule has 3 aromatic rings. The van der Waals surface area contributed by atoms with Crippen LogP contribution in [0.5, 0.6) is 11.5 Å². The summed E-state index contributed by atoms with van der Waals surface area (Å²) >= 11 is 13.0. The van der Waals surface area contributed by atoms with Crippen LogP contribution in [0.25, 0.3) is 0 Å². The summed E-state index contributed by atoms with van der Waals surface area (Å²) < 4.78 is 16.4. The number of fused-ring (bicyclic) bond motifs is 1. The molecule has 1 unspecified atom stereocenters. The fourth-order valence-corrected chi connectivity index (χ4v) is 4.82. The lowest BCUT2D eigenvalue weighted by Crippen LogP contribution is -2.44. The number of hydrogen-bond acceptors (Lipinski definition) is 4. The molecule has 1 atom stereocenters. The lowest BCUT2D eigenvalue weighted by Gasteiger charge is -2.30. The lowest BCUT2D eigenvalue weighted by molar-refractivity contribution is -0.123. The van der Waals surface area contributed by atoms with Gasteiger partial charge in [0.15, 0.2) is 0 Å². The van der Waals surface area contributed by atoms with Crippen molar-refractivity contribution < 1.29 is 19.0 Å². The molecule has 4 rings (SSSR count). The van der Waals surface area contributed by atoms with Gasteiger partial charge in [-0.15, -0.1) is 0 Å². The van der Waals surface area contributed by atoms with Gasteiger partial charge in [0.25, 0.3) is 0 Å². The highest BCUT2D eigenvalue weighted by Gasteiger charge is 2.53. The van der Waals surface area contributed by atoms with Crippen LogP contribution in [0.3, 0.4) is 0 Å². The van der Waals surface area contributed by atoms with Crippen molar-refractivity contribution in [3.05, 3.63) is 87.4 Å². The molecule has 166 valence electrons. The van der Waals surface area contributed by atoms with Crippen LogP contribution in [0.2, 0.25) is 10.0 Å². The highest BCUT2D eigenvalue weighted by atomic mass is 35.5. The van der Waals surface area contributed by atoms with Gasteiger partial charge < -0.3 is 19.1 Å². The van der Waals surface area contributed by atoms with Crippen molar-refractivity contribution in [2.45, 2.75) is 12.0 Å². The Morgan fingerprint density at radius 2 is 1.69 bits per heavy atom. The maximum Gasteiger partial charge on any atom is 0.244 e. The van der Waals surface area contributed by atoms with Crippen molar-refractivity contribution in [1.29, 1.82) is 0 Å². The van der Waals surface area contributed by atoms with E-state index in [0.717, 1.165) is 16.8 Å². The Kier molecular flexibility index (Phi) is 6.33. The molecular formula is C25H23Cl2NO4. The van der Waals surface area contributed by atoms with Crippen LogP contribution in [0.1, 0.15) is 16.7 Å². The summed E-state index contributed by atoms with van der Waals surface area (Å²) in [7, 11) is 4.77. The molecule has 1 aliphatic heterocycles. The topological polar surface area (TPSA) is 48.0 Å². The largest absolute Gasteiger partial charge is 0.497 e. The average Bonchev–Trinajstić information content (AvgIpc) is 3.02. The Balaban J connectivity index is 1.89. The third-order valence-electron chi connectivity index (χ3n) is 5.84. The van der Waals surface area contributed by atoms with Crippen molar-refractivity contribution in [2.24, 2.45) is 0 Å². The van der Waals surface area contributed by atoms with E-state index >= 15 is 0 Å². The van der Waals surface area contributed by atoms with E-state index < -0.39 is 5.41 Å². The van der Waals surface area contributed by atoms with E-state index in [9.17, 15) is 4.79 Å². The summed E-state index contributed by atoms with van der Waals surface area (Å²) in [6, 6.07) is 18.3. The maximum atomic E-state index is 14.1. The van der Waals surface area contributed by atoms with Crippen molar-refractivity contribution >= 4 is 34.8 Å². The molecule has 5 nitrogen and oxygen atoms in total. The average molecular weight is 472 g/mol. The smallest absolute Gasteiger partial charge is 0.244 e. The van der Waals surface area contributed by atoms with E-state index in [1.54, 1.807) is 44.4 Å². The Labute approximate surface area is 197 Å². The van der Waals surface area contributed by atoms with Crippen LogP contribution in [0.15, 0.2) is 60.7 Å². The highest BCUT2D eigenvalue weighted by Crippen LogP contribution is 2.49. The number of amides is 1. The quantitative estimate of drug-likeness (QED) is 0.456. The van der Waals surface area contributed by atoms with Crippen LogP contribution < -0.4 is 14.4 Å². The second-order valence-corrected chi connectivity index (χ2v) is 8.39. The molecule has 3 aromatic carbocycles. The van der Waals surface area contributed by atoms with Gasteiger partial charge >= 0.3 is 0 Å². The minimum Gasteiger partial charge on any atom is -0.497 e. The number of carbonyl (C=O) groups is 1. The van der Waals surface area contributed by atoms with Crippen LogP contribution in [-0.2, 0) is 21.5 Å². The molecule has 0 fully saturated rings. The summed E-state index contributed by atoms with van der Waals surface area (Å²) in [5, 5.41) is 1.03. The number of nitrogens with zero attached hydrogens (tertiary/aromatic N) is 1. The first-order valence-electron chi connectivity index (χ1n) is 10.0. The fraction of sp³-hybridized carbons (Fsp3) is 0.240. The van der Waals surface area contributed by atoms with Gasteiger partial charge in [0, 0.05) is 34.5 Å². The lowest BCUT2D eigenvalue weighted by atomic mass is 9.76. The molecule has 0 aromatic heterocycles. The number of rotatable bonds is 7. The Morgan fingerprint density at radius 3 is 2.38 bits per heavy atom. The van der Waals surface area contributed by atoms with Gasteiger partial charge in [0.05, 0.1) is 27.4 Å². The number of anilines is 1. The van der Waals surface area contributed by atoms with E-state index in [2.05, 4.69) is 0 Å². The number of hydrogen-bond donors (Lipinski definition) is 0. The van der Waals surface area contributed by atoms with Crippen molar-refractivity contribution in [3.8, 4) is 11.5 Å². The monoisotopic (exact) mass is 471 g/mol. The molecule has 0 bridgehead atoms. The van der Waals surface area contributed by atoms with E-state index in [0.29, 0.717) is 33.7 Å².